The number of hydrogen-bond acceptors (Lipinski definition) is 2. The Morgan fingerprint density at radius 2 is 2.42 bits per heavy atom. The third-order valence-corrected chi connectivity index (χ3v) is 1.75. The standard InChI is InChI=1S/C9H12N2O/c1-3-8(10)7-4-6(2)9(12)11-5-7/h3-5,8H,1,10H2,2H3,(H,11,12)/t8-/m1/s1. The summed E-state index contributed by atoms with van der Waals surface area (Å²) in [4.78, 5) is 13.6. The molecule has 12 heavy (non-hydrogen) atoms. The molecule has 3 N–H and O–H groups in total. The number of pyridine rings is 1. The lowest BCUT2D eigenvalue weighted by Crippen LogP contribution is -2.13. The minimum atomic E-state index is -0.208. The molecule has 64 valence electrons. The fourth-order valence-electron chi connectivity index (χ4n) is 0.948. The molecule has 0 aliphatic heterocycles. The van der Waals surface area contributed by atoms with Crippen LogP contribution in [0.1, 0.15) is 17.2 Å². The number of hydrogen-bond donors (Lipinski definition) is 2. The first-order chi connectivity index (χ1) is 5.65. The molecule has 1 rings (SSSR count). The third kappa shape index (κ3) is 1.62. The summed E-state index contributed by atoms with van der Waals surface area (Å²) in [7, 11) is 0. The molecule has 1 atom stereocenters. The summed E-state index contributed by atoms with van der Waals surface area (Å²) in [6, 6.07) is 1.56. The van der Waals surface area contributed by atoms with E-state index in [1.54, 1.807) is 25.3 Å². The van der Waals surface area contributed by atoms with Crippen LogP contribution in [0.15, 0.2) is 29.7 Å². The summed E-state index contributed by atoms with van der Waals surface area (Å²) in [5.74, 6) is 0. The van der Waals surface area contributed by atoms with Crippen LogP contribution in [0.3, 0.4) is 0 Å². The van der Waals surface area contributed by atoms with E-state index in [4.69, 9.17) is 5.73 Å². The predicted octanol–water partition coefficient (Wildman–Crippen LogP) is 0.869. The van der Waals surface area contributed by atoms with Crippen LogP contribution in [-0.4, -0.2) is 4.98 Å². The lowest BCUT2D eigenvalue weighted by Gasteiger charge is -2.05. The zero-order valence-corrected chi connectivity index (χ0v) is 7.00. The molecule has 3 nitrogen and oxygen atoms in total. The van der Waals surface area contributed by atoms with Crippen molar-refractivity contribution in [2.75, 3.05) is 0 Å². The molecule has 0 saturated heterocycles. The molecule has 1 aromatic heterocycles. The maximum absolute atomic E-state index is 11.0. The molecular weight excluding hydrogens is 152 g/mol. The first-order valence-electron chi connectivity index (χ1n) is 3.72. The molecular formula is C9H12N2O. The van der Waals surface area contributed by atoms with Crippen LogP contribution in [-0.2, 0) is 0 Å². The molecule has 0 amide bonds. The van der Waals surface area contributed by atoms with Gasteiger partial charge in [-0.05, 0) is 18.6 Å². The van der Waals surface area contributed by atoms with Crippen LogP contribution < -0.4 is 11.3 Å². The van der Waals surface area contributed by atoms with E-state index in [0.29, 0.717) is 5.56 Å². The van der Waals surface area contributed by atoms with Crippen molar-refractivity contribution in [2.24, 2.45) is 5.73 Å². The number of rotatable bonds is 2. The van der Waals surface area contributed by atoms with Crippen molar-refractivity contribution < 1.29 is 0 Å². The van der Waals surface area contributed by atoms with Crippen molar-refractivity contribution in [3.8, 4) is 0 Å². The van der Waals surface area contributed by atoms with Gasteiger partial charge in [0.05, 0.1) is 0 Å². The summed E-state index contributed by atoms with van der Waals surface area (Å²) in [5, 5.41) is 0. The van der Waals surface area contributed by atoms with Gasteiger partial charge in [-0.2, -0.15) is 0 Å². The maximum Gasteiger partial charge on any atom is 0.250 e. The number of aryl methyl sites for hydroxylation is 1. The van der Waals surface area contributed by atoms with Crippen LogP contribution in [0.2, 0.25) is 0 Å². The van der Waals surface area contributed by atoms with E-state index < -0.39 is 0 Å². The van der Waals surface area contributed by atoms with Crippen LogP contribution in [0.5, 0.6) is 0 Å². The lowest BCUT2D eigenvalue weighted by molar-refractivity contribution is 0.895. The molecule has 0 aliphatic carbocycles. The highest BCUT2D eigenvalue weighted by molar-refractivity contribution is 5.22. The summed E-state index contributed by atoms with van der Waals surface area (Å²) in [6.45, 7) is 5.32. The van der Waals surface area contributed by atoms with Crippen LogP contribution in [0.25, 0.3) is 0 Å². The first-order valence-corrected chi connectivity index (χ1v) is 3.72. The Morgan fingerprint density at radius 1 is 1.75 bits per heavy atom. The van der Waals surface area contributed by atoms with E-state index in [9.17, 15) is 4.79 Å². The van der Waals surface area contributed by atoms with Gasteiger partial charge in [-0.15, -0.1) is 6.58 Å². The fourth-order valence-corrected chi connectivity index (χ4v) is 0.948. The quantitative estimate of drug-likeness (QED) is 0.637. The van der Waals surface area contributed by atoms with Crippen molar-refractivity contribution in [3.05, 3.63) is 46.4 Å². The molecule has 0 aromatic carbocycles. The molecule has 1 heterocycles. The number of H-pyrrole nitrogens is 1. The minimum Gasteiger partial charge on any atom is -0.329 e. The highest BCUT2D eigenvalue weighted by atomic mass is 16.1. The minimum absolute atomic E-state index is 0.0741. The summed E-state index contributed by atoms with van der Waals surface area (Å²) < 4.78 is 0. The van der Waals surface area contributed by atoms with Crippen LogP contribution in [0, 0.1) is 6.92 Å². The van der Waals surface area contributed by atoms with Crippen molar-refractivity contribution in [2.45, 2.75) is 13.0 Å². The van der Waals surface area contributed by atoms with Crippen molar-refractivity contribution >= 4 is 0 Å². The van der Waals surface area contributed by atoms with Gasteiger partial charge in [0.2, 0.25) is 0 Å². The van der Waals surface area contributed by atoms with Gasteiger partial charge in [0.1, 0.15) is 0 Å². The number of nitrogens with two attached hydrogens (primary N) is 1. The van der Waals surface area contributed by atoms with E-state index in [-0.39, 0.29) is 11.6 Å². The third-order valence-electron chi connectivity index (χ3n) is 1.75. The second-order valence-corrected chi connectivity index (χ2v) is 2.71. The van der Waals surface area contributed by atoms with Gasteiger partial charge in [0, 0.05) is 17.8 Å². The Balaban J connectivity index is 3.12. The topological polar surface area (TPSA) is 58.9 Å². The van der Waals surface area contributed by atoms with Gasteiger partial charge in [0.25, 0.3) is 5.56 Å². The predicted molar refractivity (Wildman–Crippen MR) is 48.9 cm³/mol. The van der Waals surface area contributed by atoms with Gasteiger partial charge in [-0.25, -0.2) is 0 Å². The van der Waals surface area contributed by atoms with Gasteiger partial charge < -0.3 is 10.7 Å². The number of aromatic amines is 1. The molecule has 0 fully saturated rings. The van der Waals surface area contributed by atoms with Gasteiger partial charge in [-0.1, -0.05) is 6.08 Å². The van der Waals surface area contributed by atoms with Crippen molar-refractivity contribution in [1.29, 1.82) is 0 Å². The molecule has 0 unspecified atom stereocenters. The summed E-state index contributed by atoms with van der Waals surface area (Å²) in [5.41, 5.74) is 7.15. The molecule has 0 radical (unpaired) electrons. The lowest BCUT2D eigenvalue weighted by atomic mass is 10.1. The first kappa shape index (κ1) is 8.74. The van der Waals surface area contributed by atoms with Gasteiger partial charge in [0.15, 0.2) is 0 Å². The van der Waals surface area contributed by atoms with E-state index >= 15 is 0 Å². The molecule has 0 spiro atoms. The maximum atomic E-state index is 11.0. The number of aromatic nitrogens is 1. The van der Waals surface area contributed by atoms with Gasteiger partial charge >= 0.3 is 0 Å². The van der Waals surface area contributed by atoms with Crippen LogP contribution >= 0.6 is 0 Å². The fraction of sp³-hybridized carbons (Fsp3) is 0.222. The molecule has 0 bridgehead atoms. The molecule has 3 heteroatoms. The summed E-state index contributed by atoms with van der Waals surface area (Å²) >= 11 is 0. The molecule has 1 aromatic rings. The zero-order valence-electron chi connectivity index (χ0n) is 7.00. The van der Waals surface area contributed by atoms with Gasteiger partial charge in [-0.3, -0.25) is 4.79 Å². The zero-order chi connectivity index (χ0) is 9.14. The average molecular weight is 164 g/mol. The Bertz CT molecular complexity index is 341. The van der Waals surface area contributed by atoms with Crippen molar-refractivity contribution in [1.82, 2.24) is 4.98 Å². The Hall–Kier alpha value is -1.35. The normalized spacial score (nSPS) is 12.5. The second kappa shape index (κ2) is 3.36. The van der Waals surface area contributed by atoms with E-state index in [1.165, 1.54) is 0 Å². The second-order valence-electron chi connectivity index (χ2n) is 2.71. The Morgan fingerprint density at radius 3 is 2.92 bits per heavy atom. The highest BCUT2D eigenvalue weighted by Crippen LogP contribution is 2.08. The molecule has 0 saturated carbocycles. The summed E-state index contributed by atoms with van der Waals surface area (Å²) in [6.07, 6.45) is 3.24. The number of nitrogens with one attached hydrogen (secondary N) is 1. The Kier molecular flexibility index (Phi) is 2.45. The largest absolute Gasteiger partial charge is 0.329 e. The van der Waals surface area contributed by atoms with Crippen LogP contribution in [0.4, 0.5) is 0 Å². The Labute approximate surface area is 70.9 Å². The average Bonchev–Trinajstić information content (AvgIpc) is 2.08. The van der Waals surface area contributed by atoms with E-state index in [1.807, 2.05) is 0 Å². The molecule has 0 aliphatic rings. The smallest absolute Gasteiger partial charge is 0.250 e. The van der Waals surface area contributed by atoms with Crippen molar-refractivity contribution in [3.63, 3.8) is 0 Å². The van der Waals surface area contributed by atoms with E-state index in [0.717, 1.165) is 5.56 Å². The highest BCUT2D eigenvalue weighted by Gasteiger charge is 2.01. The van der Waals surface area contributed by atoms with E-state index in [2.05, 4.69) is 11.6 Å². The SMILES string of the molecule is C=C[C@@H](N)c1c[nH]c(=O)c(C)c1. The monoisotopic (exact) mass is 164 g/mol.